The van der Waals surface area contributed by atoms with Crippen LogP contribution in [0.2, 0.25) is 0 Å². The average molecular weight is 213 g/mol. The predicted molar refractivity (Wildman–Crippen MR) is 53.5 cm³/mol. The van der Waals surface area contributed by atoms with Gasteiger partial charge in [-0.25, -0.2) is 4.98 Å². The Hall–Kier alpha value is -1.17. The van der Waals surface area contributed by atoms with Crippen LogP contribution in [0.15, 0.2) is 18.3 Å². The highest BCUT2D eigenvalue weighted by atomic mass is 16.5. The van der Waals surface area contributed by atoms with Gasteiger partial charge in [-0.05, 0) is 12.5 Å². The summed E-state index contributed by atoms with van der Waals surface area (Å²) in [4.78, 5) is 3.90. The summed E-state index contributed by atoms with van der Waals surface area (Å²) >= 11 is 0. The molecule has 0 aromatic carbocycles. The molecule has 1 heterocycles. The molecule has 0 saturated heterocycles. The zero-order chi connectivity index (χ0) is 11.3. The van der Waals surface area contributed by atoms with Crippen molar-refractivity contribution in [3.8, 4) is 5.88 Å². The maximum absolute atomic E-state index is 9.64. The van der Waals surface area contributed by atoms with E-state index in [0.717, 1.165) is 0 Å². The van der Waals surface area contributed by atoms with Gasteiger partial charge in [0.1, 0.15) is 6.10 Å². The van der Waals surface area contributed by atoms with Crippen molar-refractivity contribution in [2.24, 2.45) is 0 Å². The van der Waals surface area contributed by atoms with Crippen molar-refractivity contribution in [2.75, 3.05) is 13.7 Å². The Bertz CT molecular complexity index is 288. The van der Waals surface area contributed by atoms with Crippen LogP contribution in [0.5, 0.6) is 5.88 Å². The van der Waals surface area contributed by atoms with Crippen molar-refractivity contribution in [3.05, 3.63) is 23.9 Å². The first-order valence-electron chi connectivity index (χ1n) is 4.66. The lowest BCUT2D eigenvalue weighted by Gasteiger charge is -2.16. The third-order valence-corrected chi connectivity index (χ3v) is 2.10. The smallest absolute Gasteiger partial charge is 0.212 e. The summed E-state index contributed by atoms with van der Waals surface area (Å²) in [6, 6.07) is 3.22. The molecule has 0 amide bonds. The van der Waals surface area contributed by atoms with Crippen LogP contribution in [-0.2, 0) is 0 Å². The van der Waals surface area contributed by atoms with Crippen LogP contribution in [0.4, 0.5) is 0 Å². The second kappa shape index (κ2) is 5.65. The topological polar surface area (TPSA) is 82.8 Å². The number of ether oxygens (including phenoxy) is 1. The molecule has 1 aromatic rings. The number of pyridine rings is 1. The Morgan fingerprint density at radius 3 is 2.60 bits per heavy atom. The van der Waals surface area contributed by atoms with Gasteiger partial charge in [0, 0.05) is 24.4 Å². The van der Waals surface area contributed by atoms with Crippen LogP contribution in [0.1, 0.15) is 18.1 Å². The number of nitrogens with zero attached hydrogens (tertiary/aromatic N) is 1. The molecule has 2 atom stereocenters. The monoisotopic (exact) mass is 213 g/mol. The lowest BCUT2D eigenvalue weighted by atomic mass is 10.0. The number of aliphatic hydroxyl groups excluding tert-OH is 3. The molecule has 0 saturated carbocycles. The van der Waals surface area contributed by atoms with E-state index >= 15 is 0 Å². The molecule has 1 rings (SSSR count). The molecular weight excluding hydrogens is 198 g/mol. The third kappa shape index (κ3) is 3.16. The number of rotatable bonds is 5. The van der Waals surface area contributed by atoms with Gasteiger partial charge in [-0.15, -0.1) is 0 Å². The predicted octanol–water partition coefficient (Wildman–Crippen LogP) is -0.133. The number of hydrogen-bond donors (Lipinski definition) is 3. The fraction of sp³-hybridized carbons (Fsp3) is 0.500. The first-order chi connectivity index (χ1) is 7.19. The molecule has 2 unspecified atom stereocenters. The molecule has 5 heteroatoms. The van der Waals surface area contributed by atoms with Crippen LogP contribution >= 0.6 is 0 Å². The Labute approximate surface area is 88.0 Å². The summed E-state index contributed by atoms with van der Waals surface area (Å²) in [6.45, 7) is -0.165. The lowest BCUT2D eigenvalue weighted by Crippen LogP contribution is -2.19. The van der Waals surface area contributed by atoms with Crippen molar-refractivity contribution in [2.45, 2.75) is 18.6 Å². The maximum Gasteiger partial charge on any atom is 0.212 e. The minimum Gasteiger partial charge on any atom is -0.481 e. The first-order valence-corrected chi connectivity index (χ1v) is 4.66. The largest absolute Gasteiger partial charge is 0.481 e. The van der Waals surface area contributed by atoms with E-state index in [2.05, 4.69) is 4.98 Å². The number of aromatic nitrogens is 1. The second-order valence-corrected chi connectivity index (χ2v) is 3.16. The SMILES string of the molecule is COc1ccc(C(O)C(O)CCO)cn1. The van der Waals surface area contributed by atoms with Gasteiger partial charge in [0.15, 0.2) is 0 Å². The number of hydrogen-bond acceptors (Lipinski definition) is 5. The van der Waals surface area contributed by atoms with Crippen molar-refractivity contribution in [1.29, 1.82) is 0 Å². The van der Waals surface area contributed by atoms with Crippen LogP contribution in [0, 0.1) is 0 Å². The summed E-state index contributed by atoms with van der Waals surface area (Å²) in [7, 11) is 1.50. The van der Waals surface area contributed by atoms with E-state index < -0.39 is 12.2 Å². The van der Waals surface area contributed by atoms with Gasteiger partial charge in [-0.3, -0.25) is 0 Å². The van der Waals surface area contributed by atoms with E-state index in [-0.39, 0.29) is 13.0 Å². The van der Waals surface area contributed by atoms with Crippen LogP contribution in [0.3, 0.4) is 0 Å². The Kier molecular flexibility index (Phi) is 4.48. The van der Waals surface area contributed by atoms with Crippen molar-refractivity contribution in [3.63, 3.8) is 0 Å². The molecule has 0 radical (unpaired) electrons. The van der Waals surface area contributed by atoms with Gasteiger partial charge < -0.3 is 20.1 Å². The fourth-order valence-electron chi connectivity index (χ4n) is 1.20. The standard InChI is InChI=1S/C10H15NO4/c1-15-9-3-2-7(6-11-9)10(14)8(13)4-5-12/h2-3,6,8,10,12-14H,4-5H2,1H3. The molecule has 0 aliphatic carbocycles. The average Bonchev–Trinajstić information content (AvgIpc) is 2.28. The third-order valence-electron chi connectivity index (χ3n) is 2.10. The summed E-state index contributed by atoms with van der Waals surface area (Å²) in [5, 5.41) is 27.7. The van der Waals surface area contributed by atoms with Crippen LogP contribution < -0.4 is 4.74 Å². The summed E-state index contributed by atoms with van der Waals surface area (Å²) in [5.74, 6) is 0.447. The van der Waals surface area contributed by atoms with E-state index in [1.165, 1.54) is 13.3 Å². The summed E-state index contributed by atoms with van der Waals surface area (Å²) in [6.07, 6.45) is -0.446. The van der Waals surface area contributed by atoms with E-state index in [4.69, 9.17) is 9.84 Å². The summed E-state index contributed by atoms with van der Waals surface area (Å²) < 4.78 is 4.86. The van der Waals surface area contributed by atoms with E-state index in [1.807, 2.05) is 0 Å². The van der Waals surface area contributed by atoms with Gasteiger partial charge >= 0.3 is 0 Å². The molecule has 0 aliphatic rings. The molecule has 1 aromatic heterocycles. The molecular formula is C10H15NO4. The quantitative estimate of drug-likeness (QED) is 0.634. The Morgan fingerprint density at radius 2 is 2.13 bits per heavy atom. The van der Waals surface area contributed by atoms with Crippen molar-refractivity contribution >= 4 is 0 Å². The van der Waals surface area contributed by atoms with E-state index in [1.54, 1.807) is 12.1 Å². The summed E-state index contributed by atoms with van der Waals surface area (Å²) in [5.41, 5.74) is 0.497. The molecule has 3 N–H and O–H groups in total. The second-order valence-electron chi connectivity index (χ2n) is 3.16. The minimum atomic E-state index is -1.03. The highest BCUT2D eigenvalue weighted by Gasteiger charge is 2.17. The van der Waals surface area contributed by atoms with Crippen LogP contribution in [-0.4, -0.2) is 40.1 Å². The van der Waals surface area contributed by atoms with Gasteiger partial charge in [0.25, 0.3) is 0 Å². The molecule has 0 aliphatic heterocycles. The highest BCUT2D eigenvalue weighted by Crippen LogP contribution is 2.19. The van der Waals surface area contributed by atoms with E-state index in [0.29, 0.717) is 11.4 Å². The zero-order valence-electron chi connectivity index (χ0n) is 8.50. The van der Waals surface area contributed by atoms with Crippen LogP contribution in [0.25, 0.3) is 0 Å². The van der Waals surface area contributed by atoms with E-state index in [9.17, 15) is 10.2 Å². The molecule has 0 fully saturated rings. The van der Waals surface area contributed by atoms with Crippen molar-refractivity contribution in [1.82, 2.24) is 4.98 Å². The minimum absolute atomic E-state index is 0.132. The van der Waals surface area contributed by atoms with Gasteiger partial charge in [-0.2, -0.15) is 0 Å². The highest BCUT2D eigenvalue weighted by molar-refractivity contribution is 5.20. The molecule has 15 heavy (non-hydrogen) atoms. The van der Waals surface area contributed by atoms with Gasteiger partial charge in [0.05, 0.1) is 13.2 Å². The van der Waals surface area contributed by atoms with Gasteiger partial charge in [0.2, 0.25) is 5.88 Å². The van der Waals surface area contributed by atoms with Crippen molar-refractivity contribution < 1.29 is 20.1 Å². The first kappa shape index (κ1) is 11.9. The maximum atomic E-state index is 9.64. The molecule has 84 valence electrons. The molecule has 5 nitrogen and oxygen atoms in total. The Morgan fingerprint density at radius 1 is 1.40 bits per heavy atom. The lowest BCUT2D eigenvalue weighted by molar-refractivity contribution is 0.00400. The zero-order valence-corrected chi connectivity index (χ0v) is 8.50. The number of methoxy groups -OCH3 is 1. The molecule has 0 spiro atoms. The molecule has 0 bridgehead atoms. The van der Waals surface area contributed by atoms with Gasteiger partial charge in [-0.1, -0.05) is 0 Å². The number of aliphatic hydroxyl groups is 3. The fourth-order valence-corrected chi connectivity index (χ4v) is 1.20. The Balaban J connectivity index is 2.69. The normalized spacial score (nSPS) is 14.7.